The minimum atomic E-state index is -0.0879. The zero-order chi connectivity index (χ0) is 20.4. The number of carbonyl (C=O) groups excluding carboxylic acids is 2. The lowest BCUT2D eigenvalue weighted by molar-refractivity contribution is -0.133. The molecule has 2 amide bonds. The molecule has 162 valence electrons. The van der Waals surface area contributed by atoms with Gasteiger partial charge in [0.05, 0.1) is 31.5 Å². The maximum absolute atomic E-state index is 11.6. The highest BCUT2D eigenvalue weighted by atomic mass is 16.5. The molecule has 2 N–H and O–H groups in total. The van der Waals surface area contributed by atoms with Gasteiger partial charge < -0.3 is 29.9 Å². The van der Waals surface area contributed by atoms with E-state index >= 15 is 0 Å². The van der Waals surface area contributed by atoms with E-state index in [0.717, 1.165) is 51.6 Å². The number of ether oxygens (including phenoxy) is 2. The van der Waals surface area contributed by atoms with Gasteiger partial charge in [-0.2, -0.15) is 0 Å². The quantitative estimate of drug-likeness (QED) is 0.361. The molecule has 2 rings (SSSR count). The summed E-state index contributed by atoms with van der Waals surface area (Å²) in [7, 11) is 1.93. The van der Waals surface area contributed by atoms with Gasteiger partial charge >= 0.3 is 0 Å². The van der Waals surface area contributed by atoms with Crippen molar-refractivity contribution in [2.24, 2.45) is 0 Å². The van der Waals surface area contributed by atoms with Gasteiger partial charge in [-0.15, -0.1) is 0 Å². The van der Waals surface area contributed by atoms with Gasteiger partial charge in [0, 0.05) is 25.2 Å². The summed E-state index contributed by atoms with van der Waals surface area (Å²) in [6.45, 7) is 9.39. The molecule has 1 unspecified atom stereocenters. The summed E-state index contributed by atoms with van der Waals surface area (Å²) in [5, 5.41) is 6.74. The summed E-state index contributed by atoms with van der Waals surface area (Å²) in [6, 6.07) is 0.105. The normalized spacial score (nSPS) is 26.3. The highest BCUT2D eigenvalue weighted by Crippen LogP contribution is 2.21. The number of rotatable bonds is 12. The summed E-state index contributed by atoms with van der Waals surface area (Å²) >= 11 is 0. The van der Waals surface area contributed by atoms with Gasteiger partial charge in [0.25, 0.3) is 0 Å². The third-order valence-corrected chi connectivity index (χ3v) is 5.63. The second-order valence-corrected chi connectivity index (χ2v) is 8.55. The van der Waals surface area contributed by atoms with E-state index in [1.54, 1.807) is 4.90 Å². The van der Waals surface area contributed by atoms with Gasteiger partial charge in [-0.25, -0.2) is 0 Å². The van der Waals surface area contributed by atoms with E-state index < -0.39 is 0 Å². The molecule has 0 radical (unpaired) electrons. The first-order valence-corrected chi connectivity index (χ1v) is 10.5. The van der Waals surface area contributed by atoms with Gasteiger partial charge in [-0.1, -0.05) is 0 Å². The van der Waals surface area contributed by atoms with E-state index in [1.165, 1.54) is 0 Å². The summed E-state index contributed by atoms with van der Waals surface area (Å²) in [5.74, 6) is 0. The van der Waals surface area contributed by atoms with Gasteiger partial charge in [0.1, 0.15) is 0 Å². The fourth-order valence-corrected chi connectivity index (χ4v) is 4.00. The molecule has 0 aromatic carbocycles. The monoisotopic (exact) mass is 398 g/mol. The number of amides is 2. The van der Waals surface area contributed by atoms with Crippen LogP contribution in [0, 0.1) is 0 Å². The van der Waals surface area contributed by atoms with Crippen LogP contribution in [0.4, 0.5) is 0 Å². The molecule has 0 spiro atoms. The molecule has 2 aliphatic heterocycles. The average molecular weight is 399 g/mol. The van der Waals surface area contributed by atoms with Gasteiger partial charge in [-0.3, -0.25) is 9.59 Å². The maximum atomic E-state index is 11.6. The van der Waals surface area contributed by atoms with Crippen LogP contribution in [0.5, 0.6) is 0 Å². The molecule has 8 heteroatoms. The standard InChI is InChI=1S/C20H38N4O4/c1-20(2,22-7-4-5-18-12-23(15-25)9-10-27-18)11-17-14-28-19(6-8-21-3)13-24(17)16-26/h15-19,21-22H,4-14H2,1-3H3/t17?,18-,19+/m0/s1. The third kappa shape index (κ3) is 7.66. The highest BCUT2D eigenvalue weighted by Gasteiger charge is 2.32. The van der Waals surface area contributed by atoms with E-state index in [1.807, 2.05) is 11.9 Å². The van der Waals surface area contributed by atoms with Crippen molar-refractivity contribution in [3.05, 3.63) is 0 Å². The smallest absolute Gasteiger partial charge is 0.210 e. The first-order valence-electron chi connectivity index (χ1n) is 10.5. The van der Waals surface area contributed by atoms with E-state index in [2.05, 4.69) is 24.5 Å². The Morgan fingerprint density at radius 1 is 1.07 bits per heavy atom. The van der Waals surface area contributed by atoms with Crippen LogP contribution in [0.1, 0.15) is 39.5 Å². The van der Waals surface area contributed by atoms with Gasteiger partial charge in [0.2, 0.25) is 12.8 Å². The Morgan fingerprint density at radius 3 is 2.57 bits per heavy atom. The summed E-state index contributed by atoms with van der Waals surface area (Å²) < 4.78 is 11.7. The Labute approximate surface area is 169 Å². The van der Waals surface area contributed by atoms with Crippen LogP contribution in [-0.2, 0) is 19.1 Å². The molecule has 0 aromatic rings. The van der Waals surface area contributed by atoms with Crippen LogP contribution in [0.15, 0.2) is 0 Å². The van der Waals surface area contributed by atoms with Crippen LogP contribution < -0.4 is 10.6 Å². The largest absolute Gasteiger partial charge is 0.375 e. The fraction of sp³-hybridized carbons (Fsp3) is 0.900. The van der Waals surface area contributed by atoms with Gasteiger partial charge in [0.15, 0.2) is 0 Å². The lowest BCUT2D eigenvalue weighted by Crippen LogP contribution is -2.54. The Morgan fingerprint density at radius 2 is 1.86 bits per heavy atom. The van der Waals surface area contributed by atoms with Crippen molar-refractivity contribution in [2.45, 2.75) is 63.3 Å². The highest BCUT2D eigenvalue weighted by molar-refractivity contribution is 5.48. The van der Waals surface area contributed by atoms with Crippen LogP contribution in [0.25, 0.3) is 0 Å². The van der Waals surface area contributed by atoms with E-state index in [9.17, 15) is 9.59 Å². The SMILES string of the molecule is CNCC[C@@H]1CN(C=O)C(CC(C)(C)NCCC[C@H]2CN(C=O)CCO2)CO1. The Bertz CT molecular complexity index is 477. The molecule has 3 atom stereocenters. The van der Waals surface area contributed by atoms with E-state index in [0.29, 0.717) is 32.8 Å². The van der Waals surface area contributed by atoms with Crippen molar-refractivity contribution >= 4 is 12.8 Å². The van der Waals surface area contributed by atoms with Crippen molar-refractivity contribution in [2.75, 3.05) is 53.0 Å². The number of hydrogen-bond acceptors (Lipinski definition) is 6. The lowest BCUT2D eigenvalue weighted by atomic mass is 9.93. The number of carbonyl (C=O) groups is 2. The minimum absolute atomic E-state index is 0.0879. The fourth-order valence-electron chi connectivity index (χ4n) is 4.00. The van der Waals surface area contributed by atoms with E-state index in [-0.39, 0.29) is 23.8 Å². The molecule has 2 heterocycles. The van der Waals surface area contributed by atoms with Crippen molar-refractivity contribution < 1.29 is 19.1 Å². The predicted octanol–water partition coefficient (Wildman–Crippen LogP) is 0.217. The first kappa shape index (κ1) is 23.1. The average Bonchev–Trinajstić information content (AvgIpc) is 2.70. The molecule has 0 aliphatic carbocycles. The summed E-state index contributed by atoms with van der Waals surface area (Å²) in [6.07, 6.45) is 5.82. The molecule has 0 aromatic heterocycles. The second-order valence-electron chi connectivity index (χ2n) is 8.55. The summed E-state index contributed by atoms with van der Waals surface area (Å²) in [4.78, 5) is 26.1. The van der Waals surface area contributed by atoms with Crippen molar-refractivity contribution in [3.8, 4) is 0 Å². The van der Waals surface area contributed by atoms with Crippen LogP contribution >= 0.6 is 0 Å². The molecular formula is C20H38N4O4. The zero-order valence-corrected chi connectivity index (χ0v) is 17.7. The summed E-state index contributed by atoms with van der Waals surface area (Å²) in [5.41, 5.74) is -0.0879. The lowest BCUT2D eigenvalue weighted by Gasteiger charge is -2.41. The van der Waals surface area contributed by atoms with Crippen molar-refractivity contribution in [1.29, 1.82) is 0 Å². The van der Waals surface area contributed by atoms with Crippen molar-refractivity contribution in [3.63, 3.8) is 0 Å². The maximum Gasteiger partial charge on any atom is 0.210 e. The molecule has 2 saturated heterocycles. The number of nitrogens with zero attached hydrogens (tertiary/aromatic N) is 2. The Balaban J connectivity index is 1.69. The first-order chi connectivity index (χ1) is 13.5. The molecule has 2 fully saturated rings. The number of morpholine rings is 2. The van der Waals surface area contributed by atoms with E-state index in [4.69, 9.17) is 9.47 Å². The van der Waals surface area contributed by atoms with Crippen LogP contribution in [0.2, 0.25) is 0 Å². The van der Waals surface area contributed by atoms with Crippen molar-refractivity contribution in [1.82, 2.24) is 20.4 Å². The predicted molar refractivity (Wildman–Crippen MR) is 108 cm³/mol. The molecule has 0 bridgehead atoms. The molecule has 8 nitrogen and oxygen atoms in total. The van der Waals surface area contributed by atoms with Gasteiger partial charge in [-0.05, 0) is 59.7 Å². The Kier molecular flexibility index (Phi) is 9.64. The molecule has 28 heavy (non-hydrogen) atoms. The molecule has 0 saturated carbocycles. The van der Waals surface area contributed by atoms with Crippen LogP contribution in [0.3, 0.4) is 0 Å². The third-order valence-electron chi connectivity index (χ3n) is 5.63. The topological polar surface area (TPSA) is 83.1 Å². The second kappa shape index (κ2) is 11.7. The number of hydrogen-bond donors (Lipinski definition) is 2. The molecular weight excluding hydrogens is 360 g/mol. The van der Waals surface area contributed by atoms with Crippen LogP contribution in [-0.4, -0.2) is 99.4 Å². The Hall–Kier alpha value is -1.22. The minimum Gasteiger partial charge on any atom is -0.375 e. The number of nitrogens with one attached hydrogen (secondary N) is 2. The zero-order valence-electron chi connectivity index (χ0n) is 17.7. The molecule has 2 aliphatic rings.